The number of nitrogens with zero attached hydrogens (tertiary/aromatic N) is 1. The first-order valence-corrected chi connectivity index (χ1v) is 6.76. The van der Waals surface area contributed by atoms with Crippen molar-refractivity contribution in [3.63, 3.8) is 0 Å². The molecule has 0 bridgehead atoms. The average molecular weight is 353 g/mol. The molecule has 0 radical (unpaired) electrons. The van der Waals surface area contributed by atoms with Gasteiger partial charge in [-0.3, -0.25) is 4.79 Å². The van der Waals surface area contributed by atoms with Crippen molar-refractivity contribution in [2.45, 2.75) is 6.92 Å². The summed E-state index contributed by atoms with van der Waals surface area (Å²) in [5.41, 5.74) is 3.40. The van der Waals surface area contributed by atoms with Gasteiger partial charge in [0.2, 0.25) is 0 Å². The van der Waals surface area contributed by atoms with Crippen LogP contribution >= 0.6 is 15.9 Å². The third-order valence-electron chi connectivity index (χ3n) is 2.77. The molecule has 1 heterocycles. The Morgan fingerprint density at radius 2 is 2.29 bits per heavy atom. The Kier molecular flexibility index (Phi) is 4.64. The monoisotopic (exact) mass is 352 g/mol. The van der Waals surface area contributed by atoms with E-state index in [0.717, 1.165) is 0 Å². The van der Waals surface area contributed by atoms with Gasteiger partial charge in [-0.1, -0.05) is 0 Å². The summed E-state index contributed by atoms with van der Waals surface area (Å²) < 4.78 is 10.7. The van der Waals surface area contributed by atoms with Crippen LogP contribution in [0.2, 0.25) is 0 Å². The van der Waals surface area contributed by atoms with Crippen LogP contribution in [0.1, 0.15) is 21.7 Å². The van der Waals surface area contributed by atoms with Crippen molar-refractivity contribution in [1.29, 1.82) is 0 Å². The van der Waals surface area contributed by atoms with Gasteiger partial charge in [0, 0.05) is 10.0 Å². The molecular weight excluding hydrogens is 340 g/mol. The fourth-order valence-corrected chi connectivity index (χ4v) is 2.09. The maximum absolute atomic E-state index is 11.8. The number of phenols is 1. The number of aryl methyl sites for hydroxylation is 1. The number of carbonyl (C=O) groups is 1. The Hall–Kier alpha value is -2.28. The van der Waals surface area contributed by atoms with Crippen LogP contribution in [-0.4, -0.2) is 24.3 Å². The molecule has 0 aliphatic heterocycles. The molecule has 0 fully saturated rings. The van der Waals surface area contributed by atoms with E-state index in [1.54, 1.807) is 19.1 Å². The smallest absolute Gasteiger partial charge is 0.274 e. The second kappa shape index (κ2) is 6.45. The first-order valence-electron chi connectivity index (χ1n) is 5.97. The lowest BCUT2D eigenvalue weighted by atomic mass is 10.2. The fourth-order valence-electron chi connectivity index (χ4n) is 1.66. The van der Waals surface area contributed by atoms with Crippen molar-refractivity contribution in [2.75, 3.05) is 7.11 Å². The highest BCUT2D eigenvalue weighted by Crippen LogP contribution is 2.31. The molecule has 21 heavy (non-hydrogen) atoms. The van der Waals surface area contributed by atoms with Gasteiger partial charge in [-0.2, -0.15) is 5.10 Å². The van der Waals surface area contributed by atoms with Crippen molar-refractivity contribution in [3.05, 3.63) is 45.8 Å². The zero-order valence-electron chi connectivity index (χ0n) is 11.4. The zero-order valence-corrected chi connectivity index (χ0v) is 13.0. The van der Waals surface area contributed by atoms with E-state index >= 15 is 0 Å². The number of phenolic OH excluding ortho intramolecular Hbond substituents is 1. The number of nitrogens with one attached hydrogen (secondary N) is 1. The molecule has 0 saturated carbocycles. The van der Waals surface area contributed by atoms with Crippen LogP contribution in [0.3, 0.4) is 0 Å². The Bertz CT molecular complexity index is 694. The van der Waals surface area contributed by atoms with Crippen LogP contribution in [0, 0.1) is 6.92 Å². The normalized spacial score (nSPS) is 10.8. The minimum absolute atomic E-state index is 0.0147. The van der Waals surface area contributed by atoms with Crippen LogP contribution in [0.5, 0.6) is 11.5 Å². The van der Waals surface area contributed by atoms with Crippen molar-refractivity contribution < 1.29 is 19.1 Å². The van der Waals surface area contributed by atoms with Gasteiger partial charge in [-0.05, 0) is 41.1 Å². The third kappa shape index (κ3) is 3.43. The lowest BCUT2D eigenvalue weighted by molar-refractivity contribution is 0.0953. The minimum Gasteiger partial charge on any atom is -0.504 e. The fraction of sp³-hybridized carbons (Fsp3) is 0.143. The molecule has 1 aromatic heterocycles. The van der Waals surface area contributed by atoms with E-state index in [1.807, 2.05) is 0 Å². The molecule has 6 nitrogen and oxygen atoms in total. The van der Waals surface area contributed by atoms with Crippen LogP contribution in [0.4, 0.5) is 0 Å². The lowest BCUT2D eigenvalue weighted by Gasteiger charge is -2.06. The summed E-state index contributed by atoms with van der Waals surface area (Å²) in [6, 6.07) is 4.65. The molecule has 0 spiro atoms. The largest absolute Gasteiger partial charge is 0.504 e. The van der Waals surface area contributed by atoms with Crippen LogP contribution < -0.4 is 10.2 Å². The second-order valence-electron chi connectivity index (χ2n) is 4.14. The van der Waals surface area contributed by atoms with E-state index in [4.69, 9.17) is 9.15 Å². The number of hydrogen-bond acceptors (Lipinski definition) is 5. The summed E-state index contributed by atoms with van der Waals surface area (Å²) in [7, 11) is 1.46. The SMILES string of the molecule is COc1cc(Br)c(/C=N\NC(=O)c2ccoc2C)cc1O. The van der Waals surface area contributed by atoms with Gasteiger partial charge in [0.25, 0.3) is 5.91 Å². The summed E-state index contributed by atoms with van der Waals surface area (Å²) >= 11 is 3.33. The van der Waals surface area contributed by atoms with Gasteiger partial charge in [0.1, 0.15) is 5.76 Å². The van der Waals surface area contributed by atoms with E-state index in [-0.39, 0.29) is 11.7 Å². The Labute approximate surface area is 129 Å². The highest BCUT2D eigenvalue weighted by Gasteiger charge is 2.10. The van der Waals surface area contributed by atoms with E-state index < -0.39 is 0 Å². The topological polar surface area (TPSA) is 84.1 Å². The van der Waals surface area contributed by atoms with Crippen molar-refractivity contribution in [1.82, 2.24) is 5.43 Å². The molecule has 1 amide bonds. The lowest BCUT2D eigenvalue weighted by Crippen LogP contribution is -2.17. The van der Waals surface area contributed by atoms with Crippen LogP contribution in [0.15, 0.2) is 38.5 Å². The number of methoxy groups -OCH3 is 1. The highest BCUT2D eigenvalue weighted by molar-refractivity contribution is 9.10. The quantitative estimate of drug-likeness (QED) is 0.654. The molecule has 0 saturated heterocycles. The molecule has 2 aromatic rings. The Morgan fingerprint density at radius 1 is 1.52 bits per heavy atom. The molecule has 110 valence electrons. The summed E-state index contributed by atoms with van der Waals surface area (Å²) in [4.78, 5) is 11.8. The number of amides is 1. The number of carbonyl (C=O) groups excluding carboxylic acids is 1. The number of hydrogen-bond donors (Lipinski definition) is 2. The summed E-state index contributed by atoms with van der Waals surface area (Å²) in [6.07, 6.45) is 2.85. The number of halogens is 1. The molecule has 0 atom stereocenters. The predicted molar refractivity (Wildman–Crippen MR) is 80.9 cm³/mol. The van der Waals surface area contributed by atoms with Crippen molar-refractivity contribution in [2.24, 2.45) is 5.10 Å². The van der Waals surface area contributed by atoms with E-state index in [0.29, 0.717) is 27.1 Å². The molecule has 0 unspecified atom stereocenters. The van der Waals surface area contributed by atoms with Gasteiger partial charge >= 0.3 is 0 Å². The zero-order chi connectivity index (χ0) is 15.4. The first kappa shape index (κ1) is 15.1. The molecule has 7 heteroatoms. The molecule has 2 rings (SSSR count). The molecular formula is C14H13BrN2O4. The average Bonchev–Trinajstić information content (AvgIpc) is 2.88. The van der Waals surface area contributed by atoms with E-state index in [2.05, 4.69) is 26.5 Å². The molecule has 1 aromatic carbocycles. The highest BCUT2D eigenvalue weighted by atomic mass is 79.9. The van der Waals surface area contributed by atoms with E-state index in [1.165, 1.54) is 25.7 Å². The number of hydrazone groups is 1. The number of benzene rings is 1. The molecule has 0 aliphatic carbocycles. The number of aromatic hydroxyl groups is 1. The van der Waals surface area contributed by atoms with Crippen LogP contribution in [-0.2, 0) is 0 Å². The second-order valence-corrected chi connectivity index (χ2v) is 4.99. The first-order chi connectivity index (χ1) is 10.0. The van der Waals surface area contributed by atoms with Gasteiger partial charge in [0.15, 0.2) is 11.5 Å². The Morgan fingerprint density at radius 3 is 2.90 bits per heavy atom. The predicted octanol–water partition coefficient (Wildman–Crippen LogP) is 2.83. The minimum atomic E-state index is -0.369. The standard InChI is InChI=1S/C14H13BrN2O4/c1-8-10(3-4-21-8)14(19)17-16-7-9-5-12(18)13(20-2)6-11(9)15/h3-7,18H,1-2H3,(H,17,19)/b16-7-. The van der Waals surface area contributed by atoms with Gasteiger partial charge < -0.3 is 14.3 Å². The summed E-state index contributed by atoms with van der Waals surface area (Å²) in [6.45, 7) is 1.69. The van der Waals surface area contributed by atoms with Crippen molar-refractivity contribution in [3.8, 4) is 11.5 Å². The maximum atomic E-state index is 11.8. The Balaban J connectivity index is 2.10. The number of furan rings is 1. The van der Waals surface area contributed by atoms with E-state index in [9.17, 15) is 9.90 Å². The number of ether oxygens (including phenoxy) is 1. The van der Waals surface area contributed by atoms with Gasteiger partial charge in [0.05, 0.1) is 25.2 Å². The molecule has 0 aliphatic rings. The van der Waals surface area contributed by atoms with Crippen molar-refractivity contribution >= 4 is 28.1 Å². The maximum Gasteiger partial charge on any atom is 0.274 e. The van der Waals surface area contributed by atoms with Gasteiger partial charge in [-0.25, -0.2) is 5.43 Å². The number of rotatable bonds is 4. The summed E-state index contributed by atoms with van der Waals surface area (Å²) in [5, 5.41) is 13.6. The summed E-state index contributed by atoms with van der Waals surface area (Å²) in [5.74, 6) is 0.480. The third-order valence-corrected chi connectivity index (χ3v) is 3.46. The van der Waals surface area contributed by atoms with Crippen LogP contribution in [0.25, 0.3) is 0 Å². The molecule has 2 N–H and O–H groups in total. The van der Waals surface area contributed by atoms with Gasteiger partial charge in [-0.15, -0.1) is 0 Å².